The average molecular weight is 360 g/mol. The summed E-state index contributed by atoms with van der Waals surface area (Å²) in [7, 11) is 0.00951. The van der Waals surface area contributed by atoms with Crippen molar-refractivity contribution in [3.8, 4) is 0 Å². The fourth-order valence-electron chi connectivity index (χ4n) is 3.34. The molecule has 1 saturated carbocycles. The number of aryl methyl sites for hydroxylation is 2. The van der Waals surface area contributed by atoms with Crippen molar-refractivity contribution < 1.29 is 9.18 Å². The van der Waals surface area contributed by atoms with Gasteiger partial charge in [-0.3, -0.25) is 4.79 Å². The van der Waals surface area contributed by atoms with Crippen molar-refractivity contribution in [3.05, 3.63) is 47.0 Å². The topological polar surface area (TPSA) is 38.1 Å². The summed E-state index contributed by atoms with van der Waals surface area (Å²) in [4.78, 5) is 14.9. The van der Waals surface area contributed by atoms with E-state index in [0.717, 1.165) is 17.5 Å². The third-order valence-corrected chi connectivity index (χ3v) is 6.88. The summed E-state index contributed by atoms with van der Waals surface area (Å²) in [6, 6.07) is 8.56. The molecule has 1 fully saturated rings. The molecule has 2 aromatic rings. The molecule has 0 saturated heterocycles. The van der Waals surface area contributed by atoms with Gasteiger partial charge in [0.15, 0.2) is 0 Å². The van der Waals surface area contributed by atoms with Crippen LogP contribution in [0.1, 0.15) is 34.5 Å². The van der Waals surface area contributed by atoms with Crippen LogP contribution < -0.4 is 5.19 Å². The van der Waals surface area contributed by atoms with Gasteiger partial charge >= 0.3 is 0 Å². The number of benzene rings is 1. The SMILES string of the molecule is Cc1nn(C)c(F)c1C(=O)N(Cc1ccccc1[Si](C)(C)C)C1CC1. The van der Waals surface area contributed by atoms with E-state index in [1.54, 1.807) is 6.92 Å². The van der Waals surface area contributed by atoms with Crippen LogP contribution in [0.5, 0.6) is 0 Å². The normalized spacial score (nSPS) is 14.6. The van der Waals surface area contributed by atoms with Crippen molar-refractivity contribution in [2.45, 2.75) is 52.0 Å². The molecule has 1 aliphatic carbocycles. The van der Waals surface area contributed by atoms with Crippen LogP contribution in [-0.4, -0.2) is 34.7 Å². The third kappa shape index (κ3) is 3.54. The van der Waals surface area contributed by atoms with Gasteiger partial charge in [0.25, 0.3) is 5.91 Å². The molecule has 1 aromatic carbocycles. The zero-order valence-corrected chi connectivity index (χ0v) is 16.6. The van der Waals surface area contributed by atoms with E-state index in [1.165, 1.54) is 17.8 Å². The highest BCUT2D eigenvalue weighted by atomic mass is 28.3. The zero-order valence-electron chi connectivity index (χ0n) is 15.6. The highest BCUT2D eigenvalue weighted by Gasteiger charge is 2.36. The molecule has 0 N–H and O–H groups in total. The van der Waals surface area contributed by atoms with Crippen LogP contribution in [-0.2, 0) is 13.6 Å². The van der Waals surface area contributed by atoms with Gasteiger partial charge in [-0.05, 0) is 25.3 Å². The first-order valence-electron chi connectivity index (χ1n) is 8.78. The van der Waals surface area contributed by atoms with E-state index >= 15 is 0 Å². The quantitative estimate of drug-likeness (QED) is 0.769. The number of hydrogen-bond acceptors (Lipinski definition) is 2. The molecule has 6 heteroatoms. The lowest BCUT2D eigenvalue weighted by atomic mass is 10.1. The fraction of sp³-hybridized carbons (Fsp3) is 0.474. The van der Waals surface area contributed by atoms with Crippen LogP contribution in [0.3, 0.4) is 0 Å². The number of hydrogen-bond donors (Lipinski definition) is 0. The monoisotopic (exact) mass is 359 g/mol. The Morgan fingerprint density at radius 1 is 1.32 bits per heavy atom. The van der Waals surface area contributed by atoms with Gasteiger partial charge in [0.2, 0.25) is 5.95 Å². The molecule has 0 unspecified atom stereocenters. The summed E-state index contributed by atoms with van der Waals surface area (Å²) in [5, 5.41) is 5.42. The molecule has 1 aromatic heterocycles. The van der Waals surface area contributed by atoms with Crippen molar-refractivity contribution in [1.82, 2.24) is 14.7 Å². The van der Waals surface area contributed by atoms with E-state index < -0.39 is 14.0 Å². The van der Waals surface area contributed by atoms with Gasteiger partial charge in [-0.2, -0.15) is 9.49 Å². The van der Waals surface area contributed by atoms with Gasteiger partial charge in [0.05, 0.1) is 13.8 Å². The van der Waals surface area contributed by atoms with E-state index in [4.69, 9.17) is 0 Å². The van der Waals surface area contributed by atoms with Crippen LogP contribution in [0.4, 0.5) is 4.39 Å². The Morgan fingerprint density at radius 3 is 2.48 bits per heavy atom. The first-order valence-corrected chi connectivity index (χ1v) is 12.3. The van der Waals surface area contributed by atoms with Gasteiger partial charge in [-0.15, -0.1) is 0 Å². The molecule has 1 amide bonds. The summed E-state index contributed by atoms with van der Waals surface area (Å²) < 4.78 is 15.5. The number of halogens is 1. The van der Waals surface area contributed by atoms with Crippen LogP contribution in [0.15, 0.2) is 24.3 Å². The van der Waals surface area contributed by atoms with Crippen molar-refractivity contribution in [3.63, 3.8) is 0 Å². The van der Waals surface area contributed by atoms with Crippen LogP contribution in [0.25, 0.3) is 0 Å². The Labute approximate surface area is 149 Å². The molecule has 134 valence electrons. The highest BCUT2D eigenvalue weighted by molar-refractivity contribution is 6.89. The van der Waals surface area contributed by atoms with E-state index in [1.807, 2.05) is 11.0 Å². The summed E-state index contributed by atoms with van der Waals surface area (Å²) >= 11 is 0. The van der Waals surface area contributed by atoms with Crippen molar-refractivity contribution in [2.24, 2.45) is 7.05 Å². The number of amides is 1. The summed E-state index contributed by atoms with van der Waals surface area (Å²) in [5.74, 6) is -0.789. The number of carbonyl (C=O) groups is 1. The van der Waals surface area contributed by atoms with E-state index in [9.17, 15) is 9.18 Å². The maximum Gasteiger partial charge on any atom is 0.260 e. The minimum Gasteiger partial charge on any atom is -0.331 e. The van der Waals surface area contributed by atoms with Crippen LogP contribution in [0, 0.1) is 12.9 Å². The minimum atomic E-state index is -1.52. The molecule has 0 atom stereocenters. The minimum absolute atomic E-state index is 0.111. The van der Waals surface area contributed by atoms with E-state index in [2.05, 4.69) is 42.9 Å². The lowest BCUT2D eigenvalue weighted by molar-refractivity contribution is 0.0724. The van der Waals surface area contributed by atoms with Gasteiger partial charge < -0.3 is 4.90 Å². The molecule has 1 heterocycles. The first kappa shape index (κ1) is 17.9. The average Bonchev–Trinajstić information content (AvgIpc) is 3.32. The van der Waals surface area contributed by atoms with Gasteiger partial charge in [-0.25, -0.2) is 4.68 Å². The fourth-order valence-corrected chi connectivity index (χ4v) is 5.06. The lowest BCUT2D eigenvalue weighted by Crippen LogP contribution is -2.43. The predicted molar refractivity (Wildman–Crippen MR) is 100 cm³/mol. The standard InChI is InChI=1S/C19H26FN3OSi/c1-13-17(18(20)22(2)21-13)19(24)23(15-10-11-15)12-14-8-6-7-9-16(14)25(3,4)5/h6-9,15H,10-12H2,1-5H3. The molecular weight excluding hydrogens is 333 g/mol. The molecule has 0 aliphatic heterocycles. The number of rotatable bonds is 5. The Bertz CT molecular complexity index is 805. The molecule has 25 heavy (non-hydrogen) atoms. The largest absolute Gasteiger partial charge is 0.331 e. The van der Waals surface area contributed by atoms with Gasteiger partial charge in [-0.1, -0.05) is 49.1 Å². The number of aromatic nitrogens is 2. The second-order valence-corrected chi connectivity index (χ2v) is 13.0. The maximum absolute atomic E-state index is 14.4. The van der Waals surface area contributed by atoms with E-state index in [-0.39, 0.29) is 17.5 Å². The Morgan fingerprint density at radius 2 is 1.96 bits per heavy atom. The smallest absolute Gasteiger partial charge is 0.260 e. The maximum atomic E-state index is 14.4. The molecule has 3 rings (SSSR count). The van der Waals surface area contributed by atoms with Gasteiger partial charge in [0.1, 0.15) is 5.56 Å². The molecule has 0 bridgehead atoms. The van der Waals surface area contributed by atoms with Crippen LogP contribution in [0.2, 0.25) is 19.6 Å². The molecular formula is C19H26FN3OSi. The van der Waals surface area contributed by atoms with Crippen LogP contribution >= 0.6 is 0 Å². The number of carbonyl (C=O) groups excluding carboxylic acids is 1. The zero-order chi connectivity index (χ0) is 18.4. The first-order chi connectivity index (χ1) is 11.7. The van der Waals surface area contributed by atoms with E-state index in [0.29, 0.717) is 12.2 Å². The Kier molecular flexibility index (Phi) is 4.58. The Balaban J connectivity index is 1.95. The molecule has 0 radical (unpaired) electrons. The van der Waals surface area contributed by atoms with Crippen molar-refractivity contribution in [1.29, 1.82) is 0 Å². The van der Waals surface area contributed by atoms with Crippen molar-refractivity contribution >= 4 is 19.2 Å². The second-order valence-electron chi connectivity index (χ2n) is 7.95. The summed E-state index contributed by atoms with van der Waals surface area (Å²) in [6.07, 6.45) is 1.98. The second kappa shape index (κ2) is 6.41. The molecule has 0 spiro atoms. The lowest BCUT2D eigenvalue weighted by Gasteiger charge is -2.27. The van der Waals surface area contributed by atoms with Crippen molar-refractivity contribution in [2.75, 3.05) is 0 Å². The number of nitrogens with zero attached hydrogens (tertiary/aromatic N) is 3. The molecule has 1 aliphatic rings. The summed E-state index contributed by atoms with van der Waals surface area (Å²) in [5.41, 5.74) is 1.75. The predicted octanol–water partition coefficient (Wildman–Crippen LogP) is 3.22. The Hall–Kier alpha value is -1.95. The summed E-state index contributed by atoms with van der Waals surface area (Å²) in [6.45, 7) is 9.15. The highest BCUT2D eigenvalue weighted by Crippen LogP contribution is 2.31. The van der Waals surface area contributed by atoms with Gasteiger partial charge in [0, 0.05) is 19.6 Å². The molecule has 4 nitrogen and oxygen atoms in total. The third-order valence-electron chi connectivity index (χ3n) is 4.78.